The minimum absolute atomic E-state index is 0.132. The first-order chi connectivity index (χ1) is 15.3. The van der Waals surface area contributed by atoms with Crippen LogP contribution in [0.15, 0.2) is 47.6 Å². The molecule has 2 N–H and O–H groups in total. The number of nitrogens with zero attached hydrogens (tertiary/aromatic N) is 2. The normalized spacial score (nSPS) is 16.8. The van der Waals surface area contributed by atoms with E-state index in [4.69, 9.17) is 9.47 Å². The second-order valence-electron chi connectivity index (χ2n) is 8.41. The lowest BCUT2D eigenvalue weighted by atomic mass is 10.1. The lowest BCUT2D eigenvalue weighted by Gasteiger charge is -2.24. The Kier molecular flexibility index (Phi) is 8.47. The summed E-state index contributed by atoms with van der Waals surface area (Å²) in [5.41, 5.74) is 3.13. The highest BCUT2D eigenvalue weighted by Crippen LogP contribution is 2.34. The third-order valence-corrected chi connectivity index (χ3v) is 6.83. The van der Waals surface area contributed by atoms with Gasteiger partial charge in [0.15, 0.2) is 0 Å². The second kappa shape index (κ2) is 11.1. The zero-order chi connectivity index (χ0) is 23.1. The maximum Gasteiger partial charge on any atom is 0.240 e. The fourth-order valence-corrected chi connectivity index (χ4v) is 5.03. The molecule has 2 unspecified atom stereocenters. The molecule has 9 heteroatoms. The molecule has 2 atom stereocenters. The van der Waals surface area contributed by atoms with E-state index >= 15 is 0 Å². The summed E-state index contributed by atoms with van der Waals surface area (Å²) in [6, 6.07) is 8.71. The average molecular weight is 463 g/mol. The SMILES string of the molecule is CCOCOCC(CC(C)C)NS(=O)(=O)c1ccc(CN2c3ccncc3NC2C)cc1. The first-order valence-electron chi connectivity index (χ1n) is 11.0. The first kappa shape index (κ1) is 24.4. The van der Waals surface area contributed by atoms with Crippen LogP contribution in [-0.2, 0) is 26.0 Å². The fraction of sp³-hybridized carbons (Fsp3) is 0.522. The fourth-order valence-electron chi connectivity index (χ4n) is 3.79. The van der Waals surface area contributed by atoms with Crippen LogP contribution in [0.4, 0.5) is 11.4 Å². The number of nitrogens with one attached hydrogen (secondary N) is 2. The maximum absolute atomic E-state index is 13.0. The molecule has 0 amide bonds. The standard InChI is InChI=1S/C23H34N4O4S/c1-5-30-16-31-15-20(12-17(2)3)26-32(28,29)21-8-6-19(7-9-21)14-27-18(4)25-22-13-24-11-10-23(22)27/h6-11,13,17-18,20,25-26H,5,12,14-16H2,1-4H3. The van der Waals surface area contributed by atoms with Gasteiger partial charge in [-0.2, -0.15) is 0 Å². The molecule has 0 fully saturated rings. The van der Waals surface area contributed by atoms with Crippen molar-refractivity contribution in [2.75, 3.05) is 30.2 Å². The largest absolute Gasteiger partial charge is 0.362 e. The van der Waals surface area contributed by atoms with Crippen molar-refractivity contribution in [3.8, 4) is 0 Å². The summed E-state index contributed by atoms with van der Waals surface area (Å²) >= 11 is 0. The van der Waals surface area contributed by atoms with Gasteiger partial charge >= 0.3 is 0 Å². The Bertz CT molecular complexity index is 966. The van der Waals surface area contributed by atoms with Crippen LogP contribution in [0.5, 0.6) is 0 Å². The Morgan fingerprint density at radius 2 is 1.94 bits per heavy atom. The quantitative estimate of drug-likeness (QED) is 0.368. The van der Waals surface area contributed by atoms with Gasteiger partial charge in [0, 0.05) is 25.4 Å². The molecule has 32 heavy (non-hydrogen) atoms. The molecule has 0 aliphatic carbocycles. The van der Waals surface area contributed by atoms with Gasteiger partial charge in [0.25, 0.3) is 0 Å². The molecule has 1 aromatic carbocycles. The van der Waals surface area contributed by atoms with Gasteiger partial charge in [-0.25, -0.2) is 13.1 Å². The molecule has 0 spiro atoms. The topological polar surface area (TPSA) is 92.8 Å². The van der Waals surface area contributed by atoms with Crippen molar-refractivity contribution < 1.29 is 17.9 Å². The van der Waals surface area contributed by atoms with Gasteiger partial charge in [0.05, 0.1) is 35.2 Å². The number of hydrogen-bond donors (Lipinski definition) is 2. The number of fused-ring (bicyclic) bond motifs is 1. The third-order valence-electron chi connectivity index (χ3n) is 5.29. The highest BCUT2D eigenvalue weighted by Gasteiger charge is 2.26. The van der Waals surface area contributed by atoms with Gasteiger partial charge in [-0.3, -0.25) is 4.98 Å². The summed E-state index contributed by atoms with van der Waals surface area (Å²) in [5.74, 6) is 0.329. The molecule has 0 saturated heterocycles. The van der Waals surface area contributed by atoms with Crippen molar-refractivity contribution in [2.45, 2.75) is 57.8 Å². The lowest BCUT2D eigenvalue weighted by Crippen LogP contribution is -2.39. The number of rotatable bonds is 12. The molecule has 0 saturated carbocycles. The maximum atomic E-state index is 13.0. The highest BCUT2D eigenvalue weighted by molar-refractivity contribution is 7.89. The second-order valence-corrected chi connectivity index (χ2v) is 10.1. The van der Waals surface area contributed by atoms with E-state index in [2.05, 4.69) is 40.7 Å². The van der Waals surface area contributed by atoms with Crippen molar-refractivity contribution in [1.29, 1.82) is 0 Å². The van der Waals surface area contributed by atoms with Gasteiger partial charge in [-0.15, -0.1) is 0 Å². The summed E-state index contributed by atoms with van der Waals surface area (Å²) < 4.78 is 39.4. The highest BCUT2D eigenvalue weighted by atomic mass is 32.2. The summed E-state index contributed by atoms with van der Waals surface area (Å²) in [6.45, 7) is 9.74. The Balaban J connectivity index is 1.65. The zero-order valence-electron chi connectivity index (χ0n) is 19.2. The summed E-state index contributed by atoms with van der Waals surface area (Å²) in [4.78, 5) is 6.64. The molecule has 8 nitrogen and oxygen atoms in total. The number of hydrogen-bond acceptors (Lipinski definition) is 7. The van der Waals surface area contributed by atoms with Crippen LogP contribution in [0.1, 0.15) is 39.7 Å². The molecule has 0 bridgehead atoms. The number of pyridine rings is 1. The van der Waals surface area contributed by atoms with Crippen LogP contribution in [0.25, 0.3) is 0 Å². The van der Waals surface area contributed by atoms with Crippen LogP contribution in [0.2, 0.25) is 0 Å². The molecule has 0 radical (unpaired) electrons. The van der Waals surface area contributed by atoms with Gasteiger partial charge in [0.2, 0.25) is 10.0 Å². The van der Waals surface area contributed by atoms with Crippen LogP contribution in [0, 0.1) is 5.92 Å². The number of benzene rings is 1. The number of aromatic nitrogens is 1. The van der Waals surface area contributed by atoms with Crippen molar-refractivity contribution in [2.24, 2.45) is 5.92 Å². The smallest absolute Gasteiger partial charge is 0.240 e. The monoisotopic (exact) mass is 462 g/mol. The summed E-state index contributed by atoms with van der Waals surface area (Å²) in [7, 11) is -3.66. The molecule has 1 aliphatic rings. The van der Waals surface area contributed by atoms with E-state index in [0.717, 1.165) is 16.9 Å². The van der Waals surface area contributed by atoms with Crippen molar-refractivity contribution in [1.82, 2.24) is 9.71 Å². The van der Waals surface area contributed by atoms with Gasteiger partial charge in [-0.1, -0.05) is 26.0 Å². The van der Waals surface area contributed by atoms with E-state index in [1.165, 1.54) is 0 Å². The number of ether oxygens (including phenoxy) is 2. The van der Waals surface area contributed by atoms with E-state index in [1.54, 1.807) is 18.3 Å². The zero-order valence-corrected chi connectivity index (χ0v) is 20.1. The number of sulfonamides is 1. The van der Waals surface area contributed by atoms with Crippen molar-refractivity contribution in [3.05, 3.63) is 48.3 Å². The van der Waals surface area contributed by atoms with Crippen LogP contribution in [-0.4, -0.2) is 45.6 Å². The van der Waals surface area contributed by atoms with E-state index in [9.17, 15) is 8.42 Å². The Hall–Kier alpha value is -2.20. The minimum atomic E-state index is -3.66. The van der Waals surface area contributed by atoms with E-state index in [1.807, 2.05) is 31.3 Å². The number of anilines is 2. The average Bonchev–Trinajstić information content (AvgIpc) is 3.06. The van der Waals surface area contributed by atoms with Gasteiger partial charge in [0.1, 0.15) is 6.79 Å². The predicted molar refractivity (Wildman–Crippen MR) is 126 cm³/mol. The molecular weight excluding hydrogens is 428 g/mol. The molecule has 3 rings (SSSR count). The third kappa shape index (κ3) is 6.41. The Morgan fingerprint density at radius 1 is 1.19 bits per heavy atom. The summed E-state index contributed by atoms with van der Waals surface area (Å²) in [5, 5.41) is 3.40. The minimum Gasteiger partial charge on any atom is -0.362 e. The molecule has 176 valence electrons. The van der Waals surface area contributed by atoms with E-state index < -0.39 is 10.0 Å². The van der Waals surface area contributed by atoms with E-state index in [-0.39, 0.29) is 30.5 Å². The lowest BCUT2D eigenvalue weighted by molar-refractivity contribution is -0.0553. The van der Waals surface area contributed by atoms with Crippen molar-refractivity contribution in [3.63, 3.8) is 0 Å². The Labute approximate surface area is 191 Å². The predicted octanol–water partition coefficient (Wildman–Crippen LogP) is 3.56. The molecule has 1 aliphatic heterocycles. The van der Waals surface area contributed by atoms with Crippen LogP contribution in [0.3, 0.4) is 0 Å². The molecule has 2 heterocycles. The van der Waals surface area contributed by atoms with Crippen LogP contribution >= 0.6 is 0 Å². The van der Waals surface area contributed by atoms with Gasteiger partial charge < -0.3 is 19.7 Å². The van der Waals surface area contributed by atoms with Crippen molar-refractivity contribution >= 4 is 21.4 Å². The first-order valence-corrected chi connectivity index (χ1v) is 12.5. The molecule has 2 aromatic rings. The Morgan fingerprint density at radius 3 is 2.62 bits per heavy atom. The van der Waals surface area contributed by atoms with Crippen LogP contribution < -0.4 is 14.9 Å². The molecular formula is C23H34N4O4S. The van der Waals surface area contributed by atoms with E-state index in [0.29, 0.717) is 25.5 Å². The van der Waals surface area contributed by atoms with Gasteiger partial charge in [-0.05, 0) is 49.9 Å². The molecule has 1 aromatic heterocycles. The summed E-state index contributed by atoms with van der Waals surface area (Å²) in [6.07, 6.45) is 4.40.